The summed E-state index contributed by atoms with van der Waals surface area (Å²) < 4.78 is 4.94. The van der Waals surface area contributed by atoms with Crippen molar-refractivity contribution in [1.29, 1.82) is 0 Å². The maximum absolute atomic E-state index is 12.7. The van der Waals surface area contributed by atoms with E-state index in [9.17, 15) is 14.4 Å². The Morgan fingerprint density at radius 2 is 1.50 bits per heavy atom. The van der Waals surface area contributed by atoms with Gasteiger partial charge in [0.25, 0.3) is 11.8 Å². The average molecular weight is 321 g/mol. The number of hydrogen-bond acceptors (Lipinski definition) is 4. The highest BCUT2D eigenvalue weighted by atomic mass is 16.5. The van der Waals surface area contributed by atoms with Crippen molar-refractivity contribution in [3.8, 4) is 0 Å². The summed E-state index contributed by atoms with van der Waals surface area (Å²) in [6, 6.07) is 15.4. The van der Waals surface area contributed by atoms with E-state index in [4.69, 9.17) is 4.74 Å². The first-order valence-corrected chi connectivity index (χ1v) is 7.55. The van der Waals surface area contributed by atoms with Gasteiger partial charge in [0, 0.05) is 6.08 Å². The first kappa shape index (κ1) is 15.7. The third-order valence-corrected chi connectivity index (χ3v) is 3.65. The first-order chi connectivity index (χ1) is 11.6. The Balaban J connectivity index is 2.09. The number of nitrogens with zero attached hydrogens (tertiary/aromatic N) is 1. The van der Waals surface area contributed by atoms with E-state index in [0.29, 0.717) is 16.7 Å². The molecule has 3 rings (SSSR count). The van der Waals surface area contributed by atoms with Gasteiger partial charge >= 0.3 is 5.97 Å². The highest BCUT2D eigenvalue weighted by Crippen LogP contribution is 2.30. The Morgan fingerprint density at radius 3 is 2.04 bits per heavy atom. The third-order valence-electron chi connectivity index (χ3n) is 3.65. The van der Waals surface area contributed by atoms with E-state index in [-0.39, 0.29) is 12.3 Å². The number of fused-ring (bicyclic) bond motifs is 1. The van der Waals surface area contributed by atoms with Gasteiger partial charge in [-0.25, -0.2) is 9.69 Å². The molecule has 2 aromatic rings. The summed E-state index contributed by atoms with van der Waals surface area (Å²) in [7, 11) is 0. The van der Waals surface area contributed by atoms with Crippen molar-refractivity contribution in [2.24, 2.45) is 0 Å². The van der Waals surface area contributed by atoms with Crippen LogP contribution in [0.3, 0.4) is 0 Å². The number of ether oxygens (including phenoxy) is 1. The zero-order valence-corrected chi connectivity index (χ0v) is 13.1. The predicted molar refractivity (Wildman–Crippen MR) is 88.0 cm³/mol. The molecule has 0 aliphatic carbocycles. The number of esters is 1. The molecule has 0 N–H and O–H groups in total. The summed E-state index contributed by atoms with van der Waals surface area (Å²) in [5, 5.41) is 0. The van der Waals surface area contributed by atoms with Crippen LogP contribution in [0, 0.1) is 0 Å². The second kappa shape index (κ2) is 6.50. The van der Waals surface area contributed by atoms with Crippen LogP contribution < -0.4 is 0 Å². The maximum Gasteiger partial charge on any atom is 0.332 e. The van der Waals surface area contributed by atoms with Crippen molar-refractivity contribution in [2.75, 3.05) is 6.61 Å². The van der Waals surface area contributed by atoms with Crippen molar-refractivity contribution in [3.63, 3.8) is 0 Å². The Bertz CT molecular complexity index is 804. The standard InChI is InChI=1S/C19H15NO4/c1-2-24-17(21)12-16(13-8-4-3-5-9-13)20-18(22)14-10-6-7-11-15(14)19(20)23/h3-12H,2H2,1H3/b16-12-. The molecule has 0 fully saturated rings. The molecule has 0 aromatic heterocycles. The summed E-state index contributed by atoms with van der Waals surface area (Å²) in [6.07, 6.45) is 1.18. The maximum atomic E-state index is 12.7. The predicted octanol–water partition coefficient (Wildman–Crippen LogP) is 2.89. The number of amides is 2. The molecule has 0 saturated carbocycles. The number of hydrogen-bond donors (Lipinski definition) is 0. The molecule has 1 aliphatic heterocycles. The Labute approximate surface area is 139 Å². The van der Waals surface area contributed by atoms with E-state index < -0.39 is 17.8 Å². The molecule has 1 aliphatic rings. The largest absolute Gasteiger partial charge is 0.463 e. The number of carbonyl (C=O) groups excluding carboxylic acids is 3. The van der Waals surface area contributed by atoms with Gasteiger partial charge in [0.1, 0.15) is 0 Å². The third kappa shape index (κ3) is 2.72. The van der Waals surface area contributed by atoms with Crippen molar-refractivity contribution >= 4 is 23.5 Å². The molecular formula is C19H15NO4. The molecule has 24 heavy (non-hydrogen) atoms. The summed E-state index contributed by atoms with van der Waals surface area (Å²) in [6.45, 7) is 1.90. The van der Waals surface area contributed by atoms with Crippen LogP contribution in [0.5, 0.6) is 0 Å². The van der Waals surface area contributed by atoms with Crippen LogP contribution in [0.15, 0.2) is 60.7 Å². The van der Waals surface area contributed by atoms with E-state index in [1.807, 2.05) is 6.07 Å². The second-order valence-electron chi connectivity index (χ2n) is 5.14. The lowest BCUT2D eigenvalue weighted by Crippen LogP contribution is -2.29. The summed E-state index contributed by atoms with van der Waals surface area (Å²) in [5.41, 5.74) is 1.45. The molecule has 0 atom stereocenters. The zero-order valence-electron chi connectivity index (χ0n) is 13.1. The summed E-state index contributed by atoms with van der Waals surface area (Å²) in [5.74, 6) is -1.50. The first-order valence-electron chi connectivity index (χ1n) is 7.55. The van der Waals surface area contributed by atoms with Crippen LogP contribution in [-0.2, 0) is 9.53 Å². The molecule has 0 spiro atoms. The van der Waals surface area contributed by atoms with Gasteiger partial charge in [-0.05, 0) is 24.6 Å². The van der Waals surface area contributed by atoms with Crippen LogP contribution in [0.1, 0.15) is 33.2 Å². The molecule has 5 nitrogen and oxygen atoms in total. The lowest BCUT2D eigenvalue weighted by atomic mass is 10.1. The van der Waals surface area contributed by atoms with Crippen molar-refractivity contribution in [1.82, 2.24) is 4.90 Å². The van der Waals surface area contributed by atoms with Crippen molar-refractivity contribution in [3.05, 3.63) is 77.4 Å². The lowest BCUT2D eigenvalue weighted by Gasteiger charge is -2.18. The Hall–Kier alpha value is -3.21. The number of imide groups is 1. The normalized spacial score (nSPS) is 13.9. The van der Waals surface area contributed by atoms with Gasteiger partial charge in [-0.15, -0.1) is 0 Å². The van der Waals surface area contributed by atoms with E-state index in [0.717, 1.165) is 4.90 Å². The van der Waals surface area contributed by atoms with Gasteiger partial charge in [0.15, 0.2) is 0 Å². The fourth-order valence-corrected chi connectivity index (χ4v) is 2.59. The van der Waals surface area contributed by atoms with Crippen molar-refractivity contribution in [2.45, 2.75) is 6.92 Å². The van der Waals surface area contributed by atoms with Gasteiger partial charge in [0.2, 0.25) is 0 Å². The van der Waals surface area contributed by atoms with Crippen LogP contribution in [0.2, 0.25) is 0 Å². The van der Waals surface area contributed by atoms with E-state index in [1.165, 1.54) is 6.08 Å². The number of carbonyl (C=O) groups is 3. The summed E-state index contributed by atoms with van der Waals surface area (Å²) in [4.78, 5) is 38.3. The number of benzene rings is 2. The van der Waals surface area contributed by atoms with E-state index in [2.05, 4.69) is 0 Å². The second-order valence-corrected chi connectivity index (χ2v) is 5.14. The lowest BCUT2D eigenvalue weighted by molar-refractivity contribution is -0.137. The number of rotatable bonds is 4. The molecule has 1 heterocycles. The molecule has 2 aromatic carbocycles. The highest BCUT2D eigenvalue weighted by Gasteiger charge is 2.38. The minimum atomic E-state index is -0.604. The van der Waals surface area contributed by atoms with Crippen LogP contribution in [0.25, 0.3) is 5.70 Å². The van der Waals surface area contributed by atoms with E-state index >= 15 is 0 Å². The minimum Gasteiger partial charge on any atom is -0.463 e. The van der Waals surface area contributed by atoms with E-state index in [1.54, 1.807) is 55.5 Å². The topological polar surface area (TPSA) is 63.7 Å². The van der Waals surface area contributed by atoms with Crippen LogP contribution in [-0.4, -0.2) is 29.3 Å². The van der Waals surface area contributed by atoms with Crippen LogP contribution in [0.4, 0.5) is 0 Å². The molecule has 0 saturated heterocycles. The molecule has 0 unspecified atom stereocenters. The monoisotopic (exact) mass is 321 g/mol. The zero-order chi connectivity index (χ0) is 17.1. The molecule has 0 bridgehead atoms. The van der Waals surface area contributed by atoms with Gasteiger partial charge < -0.3 is 4.74 Å². The van der Waals surface area contributed by atoms with Gasteiger partial charge in [-0.3, -0.25) is 9.59 Å². The smallest absolute Gasteiger partial charge is 0.332 e. The average Bonchev–Trinajstić information content (AvgIpc) is 2.86. The molecule has 2 amide bonds. The quantitative estimate of drug-likeness (QED) is 0.493. The fourth-order valence-electron chi connectivity index (χ4n) is 2.59. The summed E-state index contributed by atoms with van der Waals surface area (Å²) >= 11 is 0. The minimum absolute atomic E-state index is 0.208. The van der Waals surface area contributed by atoms with Gasteiger partial charge in [0.05, 0.1) is 23.4 Å². The highest BCUT2D eigenvalue weighted by molar-refractivity contribution is 6.26. The SMILES string of the molecule is CCOC(=O)/C=C(/c1ccccc1)N1C(=O)c2ccccc2C1=O. The molecule has 5 heteroatoms. The van der Waals surface area contributed by atoms with Crippen molar-refractivity contribution < 1.29 is 19.1 Å². The fraction of sp³-hybridized carbons (Fsp3) is 0.105. The Kier molecular flexibility index (Phi) is 4.24. The molecular weight excluding hydrogens is 306 g/mol. The van der Waals surface area contributed by atoms with Crippen LogP contribution >= 0.6 is 0 Å². The molecule has 120 valence electrons. The van der Waals surface area contributed by atoms with Gasteiger partial charge in [-0.2, -0.15) is 0 Å². The Morgan fingerprint density at radius 1 is 0.958 bits per heavy atom. The molecule has 0 radical (unpaired) electrons. The van der Waals surface area contributed by atoms with Gasteiger partial charge in [-0.1, -0.05) is 42.5 Å².